The van der Waals surface area contributed by atoms with E-state index in [0.29, 0.717) is 28.5 Å². The SMILES string of the molecule is CCn1c(C)c(-n2cc(C)cn2)c(=O)c(C(=O)O)c1-c1ccc(Cl)c(Cl)c1. The molecule has 140 valence electrons. The molecule has 0 radical (unpaired) electrons. The molecule has 6 nitrogen and oxygen atoms in total. The average molecular weight is 406 g/mol. The molecule has 0 spiro atoms. The number of hydrogen-bond donors (Lipinski definition) is 1. The molecule has 0 unspecified atom stereocenters. The van der Waals surface area contributed by atoms with Crippen molar-refractivity contribution in [2.24, 2.45) is 0 Å². The van der Waals surface area contributed by atoms with Crippen LogP contribution in [0.15, 0.2) is 35.4 Å². The second-order valence-corrected chi connectivity index (χ2v) is 6.94. The van der Waals surface area contributed by atoms with Crippen molar-refractivity contribution in [3.63, 3.8) is 0 Å². The minimum absolute atomic E-state index is 0.214. The molecule has 1 N–H and O–H groups in total. The van der Waals surface area contributed by atoms with Gasteiger partial charge in [0, 0.05) is 24.0 Å². The number of aryl methyl sites for hydroxylation is 1. The van der Waals surface area contributed by atoms with Crippen molar-refractivity contribution in [2.75, 3.05) is 0 Å². The highest BCUT2D eigenvalue weighted by Crippen LogP contribution is 2.31. The number of rotatable bonds is 4. The first-order valence-corrected chi connectivity index (χ1v) is 8.99. The zero-order valence-corrected chi connectivity index (χ0v) is 16.5. The quantitative estimate of drug-likeness (QED) is 0.699. The Kier molecular flexibility index (Phi) is 5.13. The summed E-state index contributed by atoms with van der Waals surface area (Å²) in [6.45, 7) is 5.95. The third kappa shape index (κ3) is 3.26. The van der Waals surface area contributed by atoms with Crippen LogP contribution in [-0.2, 0) is 6.54 Å². The number of pyridine rings is 1. The van der Waals surface area contributed by atoms with Gasteiger partial charge in [-0.1, -0.05) is 29.3 Å². The summed E-state index contributed by atoms with van der Waals surface area (Å²) in [6, 6.07) is 4.79. The van der Waals surface area contributed by atoms with E-state index in [4.69, 9.17) is 23.2 Å². The Morgan fingerprint density at radius 1 is 1.22 bits per heavy atom. The predicted octanol–water partition coefficient (Wildman–Crippen LogP) is 4.34. The molecule has 3 aromatic rings. The molecule has 0 aliphatic heterocycles. The number of aromatic carboxylic acids is 1. The van der Waals surface area contributed by atoms with Gasteiger partial charge in [0.25, 0.3) is 0 Å². The summed E-state index contributed by atoms with van der Waals surface area (Å²) in [4.78, 5) is 25.2. The van der Waals surface area contributed by atoms with Gasteiger partial charge < -0.3 is 9.67 Å². The molecule has 1 aromatic carbocycles. The summed E-state index contributed by atoms with van der Waals surface area (Å²) < 4.78 is 3.20. The molecule has 27 heavy (non-hydrogen) atoms. The van der Waals surface area contributed by atoms with E-state index in [0.717, 1.165) is 5.56 Å². The highest BCUT2D eigenvalue weighted by atomic mass is 35.5. The molecule has 0 aliphatic carbocycles. The lowest BCUT2D eigenvalue weighted by Crippen LogP contribution is -2.28. The maximum absolute atomic E-state index is 13.1. The van der Waals surface area contributed by atoms with Gasteiger partial charge in [0.05, 0.1) is 21.9 Å². The summed E-state index contributed by atoms with van der Waals surface area (Å²) in [5.74, 6) is -1.31. The molecular formula is C19H17Cl2N3O3. The van der Waals surface area contributed by atoms with Crippen LogP contribution in [0.2, 0.25) is 10.0 Å². The lowest BCUT2D eigenvalue weighted by molar-refractivity contribution is 0.0695. The molecular weight excluding hydrogens is 389 g/mol. The van der Waals surface area contributed by atoms with E-state index in [1.54, 1.807) is 42.1 Å². The number of carboxylic acids is 1. The predicted molar refractivity (Wildman–Crippen MR) is 105 cm³/mol. The summed E-state index contributed by atoms with van der Waals surface area (Å²) >= 11 is 12.1. The number of hydrogen-bond acceptors (Lipinski definition) is 3. The van der Waals surface area contributed by atoms with Gasteiger partial charge in [-0.25, -0.2) is 9.48 Å². The van der Waals surface area contributed by atoms with Crippen molar-refractivity contribution < 1.29 is 9.90 Å². The molecule has 0 saturated heterocycles. The Labute approximate surface area is 165 Å². The van der Waals surface area contributed by atoms with Gasteiger partial charge in [-0.05, 0) is 38.5 Å². The fourth-order valence-corrected chi connectivity index (χ4v) is 3.46. The van der Waals surface area contributed by atoms with Crippen LogP contribution in [0.1, 0.15) is 28.5 Å². The molecule has 0 fully saturated rings. The zero-order chi connectivity index (χ0) is 19.9. The van der Waals surface area contributed by atoms with Crippen LogP contribution in [0, 0.1) is 13.8 Å². The molecule has 0 aliphatic rings. The summed E-state index contributed by atoms with van der Waals surface area (Å²) in [6.07, 6.45) is 3.30. The van der Waals surface area contributed by atoms with E-state index in [9.17, 15) is 14.7 Å². The number of benzene rings is 1. The van der Waals surface area contributed by atoms with Crippen LogP contribution in [0.5, 0.6) is 0 Å². The Bertz CT molecular complexity index is 1120. The zero-order valence-electron chi connectivity index (χ0n) is 15.0. The highest BCUT2D eigenvalue weighted by molar-refractivity contribution is 6.42. The van der Waals surface area contributed by atoms with Crippen LogP contribution in [0.25, 0.3) is 16.9 Å². The topological polar surface area (TPSA) is 77.1 Å². The number of halogens is 2. The minimum atomic E-state index is -1.31. The highest BCUT2D eigenvalue weighted by Gasteiger charge is 2.26. The van der Waals surface area contributed by atoms with Crippen molar-refractivity contribution in [3.05, 3.63) is 67.7 Å². The second-order valence-electron chi connectivity index (χ2n) is 6.13. The Morgan fingerprint density at radius 3 is 2.44 bits per heavy atom. The monoisotopic (exact) mass is 405 g/mol. The van der Waals surface area contributed by atoms with E-state index < -0.39 is 11.4 Å². The van der Waals surface area contributed by atoms with Crippen molar-refractivity contribution in [1.82, 2.24) is 14.3 Å². The molecule has 3 rings (SSSR count). The average Bonchev–Trinajstić information content (AvgIpc) is 3.02. The Balaban J connectivity index is 2.45. The summed E-state index contributed by atoms with van der Waals surface area (Å²) in [5.41, 5.74) is 1.55. The number of nitrogens with zero attached hydrogens (tertiary/aromatic N) is 3. The summed E-state index contributed by atoms with van der Waals surface area (Å²) in [5, 5.41) is 14.6. The van der Waals surface area contributed by atoms with Crippen LogP contribution in [0.3, 0.4) is 0 Å². The molecule has 0 atom stereocenters. The number of carbonyl (C=O) groups is 1. The minimum Gasteiger partial charge on any atom is -0.477 e. The molecule has 8 heteroatoms. The smallest absolute Gasteiger partial charge is 0.341 e. The van der Waals surface area contributed by atoms with Crippen molar-refractivity contribution in [3.8, 4) is 16.9 Å². The fourth-order valence-electron chi connectivity index (χ4n) is 3.16. The van der Waals surface area contributed by atoms with Crippen LogP contribution < -0.4 is 5.43 Å². The van der Waals surface area contributed by atoms with Crippen molar-refractivity contribution >= 4 is 29.2 Å². The van der Waals surface area contributed by atoms with Gasteiger partial charge >= 0.3 is 5.97 Å². The van der Waals surface area contributed by atoms with Crippen LogP contribution >= 0.6 is 23.2 Å². The fraction of sp³-hybridized carbons (Fsp3) is 0.211. The Morgan fingerprint density at radius 2 is 1.93 bits per heavy atom. The molecule has 0 bridgehead atoms. The van der Waals surface area contributed by atoms with Gasteiger partial charge in [-0.2, -0.15) is 5.10 Å². The first kappa shape index (κ1) is 19.2. The third-order valence-electron chi connectivity index (χ3n) is 4.36. The van der Waals surface area contributed by atoms with E-state index in [2.05, 4.69) is 5.10 Å². The molecule has 2 heterocycles. The van der Waals surface area contributed by atoms with Gasteiger partial charge in [0.15, 0.2) is 0 Å². The van der Waals surface area contributed by atoms with E-state index in [-0.39, 0.29) is 16.3 Å². The first-order chi connectivity index (χ1) is 12.8. The van der Waals surface area contributed by atoms with Gasteiger partial charge in [0.2, 0.25) is 5.43 Å². The van der Waals surface area contributed by atoms with E-state index in [1.165, 1.54) is 4.68 Å². The van der Waals surface area contributed by atoms with Gasteiger partial charge in [-0.15, -0.1) is 0 Å². The number of carboxylic acid groups (broad SMARTS) is 1. The first-order valence-electron chi connectivity index (χ1n) is 8.24. The summed E-state index contributed by atoms with van der Waals surface area (Å²) in [7, 11) is 0. The van der Waals surface area contributed by atoms with E-state index in [1.807, 2.05) is 13.8 Å². The van der Waals surface area contributed by atoms with Crippen molar-refractivity contribution in [2.45, 2.75) is 27.3 Å². The molecule has 0 saturated carbocycles. The van der Waals surface area contributed by atoms with Crippen LogP contribution in [-0.4, -0.2) is 25.4 Å². The molecule has 0 amide bonds. The van der Waals surface area contributed by atoms with Gasteiger partial charge in [-0.3, -0.25) is 4.79 Å². The largest absolute Gasteiger partial charge is 0.477 e. The van der Waals surface area contributed by atoms with Crippen LogP contribution in [0.4, 0.5) is 0 Å². The van der Waals surface area contributed by atoms with Gasteiger partial charge in [0.1, 0.15) is 11.3 Å². The number of aromatic nitrogens is 3. The maximum Gasteiger partial charge on any atom is 0.341 e. The van der Waals surface area contributed by atoms with Crippen molar-refractivity contribution in [1.29, 1.82) is 0 Å². The lowest BCUT2D eigenvalue weighted by Gasteiger charge is -2.21. The second kappa shape index (κ2) is 7.21. The van der Waals surface area contributed by atoms with E-state index >= 15 is 0 Å². The third-order valence-corrected chi connectivity index (χ3v) is 5.10. The standard InChI is InChI=1S/C19H17Cl2N3O3/c1-4-23-11(3)16(24-9-10(2)8-22-24)18(25)15(19(26)27)17(23)12-5-6-13(20)14(21)7-12/h5-9H,4H2,1-3H3,(H,26,27). The Hall–Kier alpha value is -2.57. The normalized spacial score (nSPS) is 11.0. The molecule has 2 aromatic heterocycles. The maximum atomic E-state index is 13.1. The lowest BCUT2D eigenvalue weighted by atomic mass is 10.0.